The van der Waals surface area contributed by atoms with Crippen molar-refractivity contribution in [3.8, 4) is 0 Å². The molecule has 0 aliphatic heterocycles. The van der Waals surface area contributed by atoms with Crippen LogP contribution in [0.15, 0.2) is 0 Å². The summed E-state index contributed by atoms with van der Waals surface area (Å²) in [4.78, 5) is 0. The van der Waals surface area contributed by atoms with E-state index in [4.69, 9.17) is 5.11 Å². The summed E-state index contributed by atoms with van der Waals surface area (Å²) in [6.07, 6.45) is 4.34. The van der Waals surface area contributed by atoms with Gasteiger partial charge in [-0.1, -0.05) is 45.4 Å². The van der Waals surface area contributed by atoms with E-state index in [2.05, 4.69) is 6.92 Å². The van der Waals surface area contributed by atoms with Gasteiger partial charge in [-0.2, -0.15) is 0 Å². The second-order valence-electron chi connectivity index (χ2n) is 7.62. The van der Waals surface area contributed by atoms with Crippen LogP contribution in [0.1, 0.15) is 58.3 Å². The summed E-state index contributed by atoms with van der Waals surface area (Å²) in [6.45, 7) is 2.74. The Morgan fingerprint density at radius 2 is 1.17 bits per heavy atom. The highest BCUT2D eigenvalue weighted by molar-refractivity contribution is 4.80. The van der Waals surface area contributed by atoms with Gasteiger partial charge >= 0.3 is 0 Å². The fraction of sp³-hybridized carbons (Fsp3) is 1.00. The predicted octanol–water partition coefficient (Wildman–Crippen LogP) is 0.639. The highest BCUT2D eigenvalue weighted by atomic mass is 16.4. The molecule has 5 N–H and O–H groups in total. The summed E-state index contributed by atoms with van der Waals surface area (Å²) in [6, 6.07) is 0. The summed E-state index contributed by atoms with van der Waals surface area (Å²) < 4.78 is 0.538. The number of unbranched alkanes of at least 4 members (excludes halogenated alkanes) is 7. The standard InChI is InChI=1S/C18H40NO5/c1-4-5-6-7-8-9-10-11-12-19(2,3)13-15(21)17(23)18(24)16(22)14-20/h15-18,20-24H,4-14H2,1-3H3/q+1/t15-,16-,17+,18-/m1/s1. The molecular weight excluding hydrogens is 310 g/mol. The maximum Gasteiger partial charge on any atom is 0.131 e. The lowest BCUT2D eigenvalue weighted by molar-refractivity contribution is -0.894. The number of likely N-dealkylation sites (N-methyl/N-ethyl adjacent to an activating group) is 1. The molecule has 0 heterocycles. The Labute approximate surface area is 147 Å². The summed E-state index contributed by atoms with van der Waals surface area (Å²) >= 11 is 0. The molecule has 0 saturated carbocycles. The van der Waals surface area contributed by atoms with E-state index in [-0.39, 0.29) is 6.54 Å². The second-order valence-corrected chi connectivity index (χ2v) is 7.62. The molecule has 0 unspecified atom stereocenters. The molecule has 4 atom stereocenters. The molecule has 0 radical (unpaired) electrons. The first kappa shape index (κ1) is 23.8. The molecule has 0 aromatic heterocycles. The molecule has 0 saturated heterocycles. The summed E-state index contributed by atoms with van der Waals surface area (Å²) in [5.41, 5.74) is 0. The summed E-state index contributed by atoms with van der Waals surface area (Å²) in [7, 11) is 3.96. The van der Waals surface area contributed by atoms with Crippen molar-refractivity contribution in [2.75, 3.05) is 33.8 Å². The van der Waals surface area contributed by atoms with Crippen LogP contribution < -0.4 is 0 Å². The Balaban J connectivity index is 3.98. The van der Waals surface area contributed by atoms with Gasteiger partial charge in [-0.25, -0.2) is 0 Å². The van der Waals surface area contributed by atoms with Crippen LogP contribution in [0.4, 0.5) is 0 Å². The Hall–Kier alpha value is -0.240. The normalized spacial score (nSPS) is 17.5. The predicted molar refractivity (Wildman–Crippen MR) is 95.6 cm³/mol. The first-order valence-corrected chi connectivity index (χ1v) is 9.40. The van der Waals surface area contributed by atoms with Gasteiger partial charge in [-0.15, -0.1) is 0 Å². The van der Waals surface area contributed by atoms with Crippen molar-refractivity contribution in [3.63, 3.8) is 0 Å². The van der Waals surface area contributed by atoms with Crippen LogP contribution in [0.5, 0.6) is 0 Å². The van der Waals surface area contributed by atoms with Gasteiger partial charge in [0.25, 0.3) is 0 Å². The molecule has 0 aliphatic rings. The molecule has 0 aliphatic carbocycles. The molecule has 0 bridgehead atoms. The van der Waals surface area contributed by atoms with Gasteiger partial charge < -0.3 is 30.0 Å². The molecule has 0 amide bonds. The minimum absolute atomic E-state index is 0.285. The van der Waals surface area contributed by atoms with Crippen LogP contribution in [0, 0.1) is 0 Å². The zero-order chi connectivity index (χ0) is 18.6. The minimum atomic E-state index is -1.55. The highest BCUT2D eigenvalue weighted by Crippen LogP contribution is 2.13. The van der Waals surface area contributed by atoms with Gasteiger partial charge in [-0.3, -0.25) is 0 Å². The fourth-order valence-corrected chi connectivity index (χ4v) is 2.94. The Morgan fingerprint density at radius 3 is 1.67 bits per heavy atom. The molecule has 0 rings (SSSR count). The van der Waals surface area contributed by atoms with Gasteiger partial charge in [0.05, 0.1) is 27.2 Å². The van der Waals surface area contributed by atoms with Crippen molar-refractivity contribution in [2.24, 2.45) is 0 Å². The molecule has 24 heavy (non-hydrogen) atoms. The van der Waals surface area contributed by atoms with Crippen LogP contribution in [0.3, 0.4) is 0 Å². The number of aliphatic hydroxyl groups is 5. The Bertz CT molecular complexity index is 301. The second kappa shape index (κ2) is 13.0. The van der Waals surface area contributed by atoms with Gasteiger partial charge in [-0.05, 0) is 12.8 Å². The maximum atomic E-state index is 10.1. The zero-order valence-corrected chi connectivity index (χ0v) is 15.8. The van der Waals surface area contributed by atoms with Crippen LogP contribution in [0.2, 0.25) is 0 Å². The Kier molecular flexibility index (Phi) is 12.9. The molecule has 0 spiro atoms. The third kappa shape index (κ3) is 10.6. The maximum absolute atomic E-state index is 10.1. The van der Waals surface area contributed by atoms with Crippen LogP contribution in [0.25, 0.3) is 0 Å². The molecule has 0 aromatic carbocycles. The average molecular weight is 351 g/mol. The van der Waals surface area contributed by atoms with Crippen molar-refractivity contribution in [2.45, 2.75) is 82.7 Å². The SMILES string of the molecule is CCCCCCCCCC[N+](C)(C)C[C@@H](O)[C@H](O)[C@H](O)[C@H](O)CO. The molecule has 6 heteroatoms. The monoisotopic (exact) mass is 350 g/mol. The molecule has 0 aromatic rings. The van der Waals surface area contributed by atoms with E-state index in [0.717, 1.165) is 19.4 Å². The van der Waals surface area contributed by atoms with E-state index in [9.17, 15) is 20.4 Å². The first-order valence-electron chi connectivity index (χ1n) is 9.40. The van der Waals surface area contributed by atoms with Gasteiger partial charge in [0.15, 0.2) is 0 Å². The minimum Gasteiger partial charge on any atom is -0.394 e. The number of hydrogen-bond acceptors (Lipinski definition) is 5. The number of rotatable bonds is 15. The van der Waals surface area contributed by atoms with E-state index < -0.39 is 31.0 Å². The van der Waals surface area contributed by atoms with E-state index in [1.54, 1.807) is 0 Å². The van der Waals surface area contributed by atoms with Gasteiger partial charge in [0.1, 0.15) is 31.0 Å². The molecule has 6 nitrogen and oxygen atoms in total. The van der Waals surface area contributed by atoms with Crippen LogP contribution in [-0.4, -0.2) is 88.2 Å². The molecule has 0 fully saturated rings. The Morgan fingerprint density at radius 1 is 0.708 bits per heavy atom. The zero-order valence-electron chi connectivity index (χ0n) is 15.8. The summed E-state index contributed by atoms with van der Waals surface area (Å²) in [5.74, 6) is 0. The van der Waals surface area contributed by atoms with Crippen molar-refractivity contribution < 1.29 is 30.0 Å². The number of aliphatic hydroxyl groups excluding tert-OH is 5. The van der Waals surface area contributed by atoms with E-state index in [0.29, 0.717) is 4.48 Å². The van der Waals surface area contributed by atoms with E-state index >= 15 is 0 Å². The van der Waals surface area contributed by atoms with Crippen LogP contribution >= 0.6 is 0 Å². The smallest absolute Gasteiger partial charge is 0.131 e. The van der Waals surface area contributed by atoms with E-state index in [1.807, 2.05) is 14.1 Å². The average Bonchev–Trinajstić information content (AvgIpc) is 2.54. The largest absolute Gasteiger partial charge is 0.394 e. The van der Waals surface area contributed by atoms with Gasteiger partial charge in [0, 0.05) is 0 Å². The first-order chi connectivity index (χ1) is 11.2. The molecule has 146 valence electrons. The highest BCUT2D eigenvalue weighted by Gasteiger charge is 2.33. The quantitative estimate of drug-likeness (QED) is 0.220. The third-order valence-electron chi connectivity index (χ3n) is 4.62. The van der Waals surface area contributed by atoms with Crippen LogP contribution in [-0.2, 0) is 0 Å². The van der Waals surface area contributed by atoms with E-state index in [1.165, 1.54) is 38.5 Å². The lowest BCUT2D eigenvalue weighted by Gasteiger charge is -2.34. The van der Waals surface area contributed by atoms with Crippen molar-refractivity contribution >= 4 is 0 Å². The van der Waals surface area contributed by atoms with Gasteiger partial charge in [0.2, 0.25) is 0 Å². The molecular formula is C18H40NO5+. The lowest BCUT2D eigenvalue weighted by atomic mass is 10.0. The number of hydrogen-bond donors (Lipinski definition) is 5. The van der Waals surface area contributed by atoms with Crippen molar-refractivity contribution in [1.29, 1.82) is 0 Å². The topological polar surface area (TPSA) is 101 Å². The fourth-order valence-electron chi connectivity index (χ4n) is 2.94. The third-order valence-corrected chi connectivity index (χ3v) is 4.62. The summed E-state index contributed by atoms with van der Waals surface area (Å²) in [5, 5.41) is 47.8. The number of nitrogens with zero attached hydrogens (tertiary/aromatic N) is 1. The lowest BCUT2D eigenvalue weighted by Crippen LogP contribution is -2.54. The number of quaternary nitrogens is 1. The van der Waals surface area contributed by atoms with Crippen molar-refractivity contribution in [1.82, 2.24) is 0 Å². The van der Waals surface area contributed by atoms with Crippen molar-refractivity contribution in [3.05, 3.63) is 0 Å².